The summed E-state index contributed by atoms with van der Waals surface area (Å²) < 4.78 is 14.7. The first-order chi connectivity index (χ1) is 10.8. The zero-order chi connectivity index (χ0) is 16.3. The van der Waals surface area contributed by atoms with E-state index in [2.05, 4.69) is 10.1 Å². The van der Waals surface area contributed by atoms with Gasteiger partial charge in [0.1, 0.15) is 6.61 Å². The minimum Gasteiger partial charge on any atom is -0.450 e. The Morgan fingerprint density at radius 3 is 2.18 bits per heavy atom. The molecule has 0 saturated carbocycles. The van der Waals surface area contributed by atoms with Crippen LogP contribution in [-0.2, 0) is 14.2 Å². The summed E-state index contributed by atoms with van der Waals surface area (Å²) in [6.45, 7) is 2.44. The summed E-state index contributed by atoms with van der Waals surface area (Å²) >= 11 is 0. The Kier molecular flexibility index (Phi) is 16.4. The normalized spacial score (nSPS) is 10.0. The Morgan fingerprint density at radius 1 is 0.909 bits per heavy atom. The Morgan fingerprint density at radius 2 is 1.50 bits per heavy atom. The largest absolute Gasteiger partial charge is 0.450 e. The number of hydrogen-bond acceptors (Lipinski definition) is 5. The molecular formula is C16H30N2O4. The Labute approximate surface area is 134 Å². The molecule has 6 heteroatoms. The van der Waals surface area contributed by atoms with Gasteiger partial charge in [0.15, 0.2) is 0 Å². The van der Waals surface area contributed by atoms with Crippen LogP contribution in [0.4, 0.5) is 4.79 Å². The van der Waals surface area contributed by atoms with Crippen LogP contribution in [-0.4, -0.2) is 39.6 Å². The van der Waals surface area contributed by atoms with Crippen molar-refractivity contribution in [1.82, 2.24) is 5.32 Å². The predicted octanol–water partition coefficient (Wildman–Crippen LogP) is 3.37. The second-order valence-electron chi connectivity index (χ2n) is 5.18. The van der Waals surface area contributed by atoms with Gasteiger partial charge in [0, 0.05) is 20.3 Å². The summed E-state index contributed by atoms with van der Waals surface area (Å²) in [4.78, 5) is 11.4. The van der Waals surface area contributed by atoms with Crippen LogP contribution in [0.3, 0.4) is 0 Å². The number of alkyl carbamates (subject to hydrolysis) is 1. The minimum absolute atomic E-state index is 0.320. The van der Waals surface area contributed by atoms with Gasteiger partial charge in [-0.15, -0.1) is 0 Å². The highest BCUT2D eigenvalue weighted by Crippen LogP contribution is 2.03. The molecule has 1 amide bonds. The van der Waals surface area contributed by atoms with E-state index >= 15 is 0 Å². The molecule has 0 unspecified atom stereocenters. The van der Waals surface area contributed by atoms with E-state index < -0.39 is 0 Å². The molecule has 0 aliphatic carbocycles. The SMILES string of the molecule is COCCCCCCOC(=O)NCCCCCCCOC#N. The molecule has 0 aromatic carbocycles. The van der Waals surface area contributed by atoms with Gasteiger partial charge in [-0.05, 0) is 32.1 Å². The lowest BCUT2D eigenvalue weighted by Gasteiger charge is -2.07. The van der Waals surface area contributed by atoms with Crippen molar-refractivity contribution in [3.05, 3.63) is 0 Å². The molecule has 0 aliphatic rings. The van der Waals surface area contributed by atoms with Crippen LogP contribution in [0.5, 0.6) is 0 Å². The molecule has 6 nitrogen and oxygen atoms in total. The van der Waals surface area contributed by atoms with Crippen LogP contribution in [0.2, 0.25) is 0 Å². The van der Waals surface area contributed by atoms with Crippen molar-refractivity contribution in [2.24, 2.45) is 0 Å². The highest BCUT2D eigenvalue weighted by molar-refractivity contribution is 5.66. The van der Waals surface area contributed by atoms with Crippen LogP contribution in [0.25, 0.3) is 0 Å². The number of ether oxygens (including phenoxy) is 3. The third-order valence-corrected chi connectivity index (χ3v) is 3.23. The lowest BCUT2D eigenvalue weighted by molar-refractivity contribution is 0.142. The van der Waals surface area contributed by atoms with Gasteiger partial charge in [-0.25, -0.2) is 4.79 Å². The molecule has 0 bridgehead atoms. The van der Waals surface area contributed by atoms with Crippen molar-refractivity contribution in [3.63, 3.8) is 0 Å². The van der Waals surface area contributed by atoms with Crippen LogP contribution in [0.1, 0.15) is 57.8 Å². The number of carbonyl (C=O) groups excluding carboxylic acids is 1. The maximum absolute atomic E-state index is 11.4. The smallest absolute Gasteiger partial charge is 0.407 e. The van der Waals surface area contributed by atoms with Gasteiger partial charge < -0.3 is 19.5 Å². The van der Waals surface area contributed by atoms with E-state index in [-0.39, 0.29) is 6.09 Å². The molecule has 0 rings (SSSR count). The quantitative estimate of drug-likeness (QED) is 0.370. The summed E-state index contributed by atoms with van der Waals surface area (Å²) in [6.07, 6.45) is 10.5. The van der Waals surface area contributed by atoms with Crippen molar-refractivity contribution >= 4 is 6.09 Å². The Bertz CT molecular complexity index is 292. The van der Waals surface area contributed by atoms with Crippen LogP contribution in [0, 0.1) is 11.5 Å². The first-order valence-electron chi connectivity index (χ1n) is 8.21. The van der Waals surface area contributed by atoms with Gasteiger partial charge in [0.05, 0.1) is 6.61 Å². The summed E-state index contributed by atoms with van der Waals surface area (Å²) in [6, 6.07) is 0. The van der Waals surface area contributed by atoms with Gasteiger partial charge in [0.2, 0.25) is 0 Å². The molecule has 0 aliphatic heterocycles. The lowest BCUT2D eigenvalue weighted by atomic mass is 10.1. The van der Waals surface area contributed by atoms with Gasteiger partial charge in [-0.1, -0.05) is 25.7 Å². The number of rotatable bonds is 15. The van der Waals surface area contributed by atoms with E-state index in [0.717, 1.165) is 64.4 Å². The average Bonchev–Trinajstić information content (AvgIpc) is 2.52. The van der Waals surface area contributed by atoms with Crippen molar-refractivity contribution in [2.75, 3.05) is 33.5 Å². The fraction of sp³-hybridized carbons (Fsp3) is 0.875. The third kappa shape index (κ3) is 16.6. The standard InChI is InChI=1S/C16H30N2O4/c1-20-12-8-5-6-10-14-22-16(19)18-11-7-3-2-4-9-13-21-15-17/h2-14H2,1H3,(H,18,19). The maximum Gasteiger partial charge on any atom is 0.407 e. The van der Waals surface area contributed by atoms with Gasteiger partial charge in [0.25, 0.3) is 6.26 Å². The molecular weight excluding hydrogens is 284 g/mol. The number of nitrogens with one attached hydrogen (secondary N) is 1. The molecule has 0 saturated heterocycles. The Balaban J connectivity index is 3.15. The topological polar surface area (TPSA) is 80.6 Å². The minimum atomic E-state index is -0.320. The van der Waals surface area contributed by atoms with Gasteiger partial charge in [-0.3, -0.25) is 0 Å². The summed E-state index contributed by atoms with van der Waals surface area (Å²) in [5.74, 6) is 0. The first-order valence-corrected chi connectivity index (χ1v) is 8.21. The molecule has 128 valence electrons. The number of hydrogen-bond donors (Lipinski definition) is 1. The van der Waals surface area contributed by atoms with Crippen molar-refractivity contribution < 1.29 is 19.0 Å². The second-order valence-corrected chi connectivity index (χ2v) is 5.18. The first kappa shape index (κ1) is 20.5. The zero-order valence-corrected chi connectivity index (χ0v) is 13.8. The fourth-order valence-corrected chi connectivity index (χ4v) is 1.98. The van der Waals surface area contributed by atoms with E-state index in [0.29, 0.717) is 19.8 Å². The molecule has 1 N–H and O–H groups in total. The molecule has 0 atom stereocenters. The lowest BCUT2D eigenvalue weighted by Crippen LogP contribution is -2.25. The highest BCUT2D eigenvalue weighted by atomic mass is 16.5. The molecule has 0 aromatic heterocycles. The number of carbonyl (C=O) groups is 1. The van der Waals surface area contributed by atoms with Crippen molar-refractivity contribution in [1.29, 1.82) is 5.26 Å². The van der Waals surface area contributed by atoms with Gasteiger partial charge in [-0.2, -0.15) is 5.26 Å². The van der Waals surface area contributed by atoms with Crippen molar-refractivity contribution in [2.45, 2.75) is 57.8 Å². The number of methoxy groups -OCH3 is 1. The summed E-state index contributed by atoms with van der Waals surface area (Å²) in [5, 5.41) is 10.9. The van der Waals surface area contributed by atoms with Gasteiger partial charge >= 0.3 is 6.09 Å². The highest BCUT2D eigenvalue weighted by Gasteiger charge is 2.00. The number of nitrogens with zero attached hydrogens (tertiary/aromatic N) is 1. The molecule has 22 heavy (non-hydrogen) atoms. The third-order valence-electron chi connectivity index (χ3n) is 3.23. The fourth-order valence-electron chi connectivity index (χ4n) is 1.98. The molecule has 0 spiro atoms. The number of unbranched alkanes of at least 4 members (excludes halogenated alkanes) is 7. The summed E-state index contributed by atoms with van der Waals surface area (Å²) in [7, 11) is 1.71. The van der Waals surface area contributed by atoms with E-state index in [9.17, 15) is 4.79 Å². The Hall–Kier alpha value is -1.48. The second kappa shape index (κ2) is 17.6. The predicted molar refractivity (Wildman–Crippen MR) is 84.3 cm³/mol. The molecule has 0 aromatic rings. The van der Waals surface area contributed by atoms with E-state index in [1.54, 1.807) is 13.4 Å². The van der Waals surface area contributed by atoms with E-state index in [1.807, 2.05) is 0 Å². The van der Waals surface area contributed by atoms with E-state index in [1.165, 1.54) is 0 Å². The van der Waals surface area contributed by atoms with Crippen molar-refractivity contribution in [3.8, 4) is 6.26 Å². The molecule has 0 heterocycles. The van der Waals surface area contributed by atoms with E-state index in [4.69, 9.17) is 14.7 Å². The number of nitriles is 1. The zero-order valence-electron chi connectivity index (χ0n) is 13.8. The number of amides is 1. The van der Waals surface area contributed by atoms with Crippen LogP contribution < -0.4 is 5.32 Å². The molecule has 0 radical (unpaired) electrons. The summed E-state index contributed by atoms with van der Waals surface area (Å²) in [5.41, 5.74) is 0. The van der Waals surface area contributed by atoms with Crippen LogP contribution in [0.15, 0.2) is 0 Å². The van der Waals surface area contributed by atoms with Crippen LogP contribution >= 0.6 is 0 Å². The monoisotopic (exact) mass is 314 g/mol. The maximum atomic E-state index is 11.4. The molecule has 0 fully saturated rings. The average molecular weight is 314 g/mol.